The minimum absolute atomic E-state index is 0. The first-order valence-corrected chi connectivity index (χ1v) is 9.57. The van der Waals surface area contributed by atoms with Crippen molar-refractivity contribution < 1.29 is 5.11 Å². The molecule has 1 aromatic carbocycles. The molecule has 0 aliphatic heterocycles. The van der Waals surface area contributed by atoms with Crippen LogP contribution in [0.2, 0.25) is 0 Å². The summed E-state index contributed by atoms with van der Waals surface area (Å²) in [7, 11) is 4.12. The van der Waals surface area contributed by atoms with Crippen molar-refractivity contribution in [2.24, 2.45) is 4.99 Å². The van der Waals surface area contributed by atoms with Crippen LogP contribution in [0.1, 0.15) is 44.6 Å². The fraction of sp³-hybridized carbons (Fsp3) is 0.650. The maximum absolute atomic E-state index is 9.62. The number of anilines is 1. The van der Waals surface area contributed by atoms with Crippen molar-refractivity contribution in [2.45, 2.75) is 57.6 Å². The van der Waals surface area contributed by atoms with Crippen LogP contribution in [0.25, 0.3) is 0 Å². The van der Waals surface area contributed by atoms with Crippen molar-refractivity contribution in [1.82, 2.24) is 10.6 Å². The highest BCUT2D eigenvalue weighted by molar-refractivity contribution is 14.0. The highest BCUT2D eigenvalue weighted by Crippen LogP contribution is 2.18. The lowest BCUT2D eigenvalue weighted by Crippen LogP contribution is -2.45. The van der Waals surface area contributed by atoms with Gasteiger partial charge in [0.1, 0.15) is 0 Å². The Bertz CT molecular complexity index is 525. The summed E-state index contributed by atoms with van der Waals surface area (Å²) in [6, 6.07) is 9.18. The molecule has 1 aliphatic rings. The van der Waals surface area contributed by atoms with Crippen LogP contribution < -0.4 is 15.5 Å². The summed E-state index contributed by atoms with van der Waals surface area (Å²) in [4.78, 5) is 6.83. The molecule has 0 amide bonds. The summed E-state index contributed by atoms with van der Waals surface area (Å²) < 4.78 is 0. The van der Waals surface area contributed by atoms with E-state index in [1.807, 2.05) is 0 Å². The lowest BCUT2D eigenvalue weighted by molar-refractivity contribution is 0.120. The lowest BCUT2D eigenvalue weighted by Gasteiger charge is -2.27. The summed E-state index contributed by atoms with van der Waals surface area (Å²) in [5.74, 6) is 0.909. The Kier molecular flexibility index (Phi) is 11.0. The van der Waals surface area contributed by atoms with Crippen molar-refractivity contribution in [3.05, 3.63) is 29.8 Å². The number of aliphatic hydroxyl groups is 1. The molecule has 0 spiro atoms. The van der Waals surface area contributed by atoms with Crippen LogP contribution in [0.15, 0.2) is 29.3 Å². The summed E-state index contributed by atoms with van der Waals surface area (Å²) >= 11 is 0. The van der Waals surface area contributed by atoms with E-state index < -0.39 is 0 Å². The van der Waals surface area contributed by atoms with Gasteiger partial charge in [0.2, 0.25) is 0 Å². The molecule has 26 heavy (non-hydrogen) atoms. The molecule has 1 aromatic rings. The Balaban J connectivity index is 0.00000338. The predicted octanol–water partition coefficient (Wildman–Crippen LogP) is 3.16. The van der Waals surface area contributed by atoms with Gasteiger partial charge in [0.15, 0.2) is 5.96 Å². The first kappa shape index (κ1) is 23.0. The molecule has 3 N–H and O–H groups in total. The zero-order valence-corrected chi connectivity index (χ0v) is 18.7. The summed E-state index contributed by atoms with van der Waals surface area (Å²) in [5.41, 5.74) is 2.60. The first-order valence-electron chi connectivity index (χ1n) is 9.57. The van der Waals surface area contributed by atoms with E-state index in [0.717, 1.165) is 57.6 Å². The molecule has 6 heteroatoms. The molecule has 0 atom stereocenters. The van der Waals surface area contributed by atoms with Crippen LogP contribution in [0.5, 0.6) is 0 Å². The van der Waals surface area contributed by atoms with Gasteiger partial charge in [0.25, 0.3) is 0 Å². The zero-order valence-electron chi connectivity index (χ0n) is 16.4. The average Bonchev–Trinajstić information content (AvgIpc) is 2.61. The summed E-state index contributed by atoms with van der Waals surface area (Å²) in [5, 5.41) is 16.5. The Hall–Kier alpha value is -1.02. The molecule has 0 unspecified atom stereocenters. The van der Waals surface area contributed by atoms with Crippen molar-refractivity contribution >= 4 is 35.6 Å². The molecule has 0 aromatic heterocycles. The third kappa shape index (κ3) is 8.12. The van der Waals surface area contributed by atoms with E-state index >= 15 is 0 Å². The molecular weight excluding hydrogens is 439 g/mol. The zero-order chi connectivity index (χ0) is 18.1. The molecule has 1 fully saturated rings. The van der Waals surface area contributed by atoms with E-state index in [1.165, 1.54) is 11.3 Å². The topological polar surface area (TPSA) is 59.9 Å². The highest BCUT2D eigenvalue weighted by Gasteiger charge is 2.19. The van der Waals surface area contributed by atoms with Gasteiger partial charge in [-0.2, -0.15) is 0 Å². The van der Waals surface area contributed by atoms with Gasteiger partial charge < -0.3 is 20.6 Å². The number of rotatable bonds is 7. The van der Waals surface area contributed by atoms with Crippen LogP contribution in [0.4, 0.5) is 5.69 Å². The molecular formula is C20H35IN4O. The molecule has 0 bridgehead atoms. The lowest BCUT2D eigenvalue weighted by atomic mass is 9.93. The van der Waals surface area contributed by atoms with E-state index in [4.69, 9.17) is 4.99 Å². The number of hydrogen-bond acceptors (Lipinski definition) is 3. The van der Waals surface area contributed by atoms with Gasteiger partial charge in [0.05, 0.1) is 6.10 Å². The Morgan fingerprint density at radius 2 is 1.81 bits per heavy atom. The summed E-state index contributed by atoms with van der Waals surface area (Å²) in [6.07, 6.45) is 5.79. The molecule has 1 aliphatic carbocycles. The molecule has 148 valence electrons. The molecule has 0 heterocycles. The minimum atomic E-state index is -0.114. The highest BCUT2D eigenvalue weighted by atomic mass is 127. The van der Waals surface area contributed by atoms with Crippen molar-refractivity contribution in [2.75, 3.05) is 32.1 Å². The maximum atomic E-state index is 9.62. The van der Waals surface area contributed by atoms with Crippen LogP contribution in [-0.4, -0.2) is 50.4 Å². The number of halogens is 1. The Morgan fingerprint density at radius 3 is 2.38 bits per heavy atom. The van der Waals surface area contributed by atoms with E-state index in [9.17, 15) is 5.11 Å². The minimum Gasteiger partial charge on any atom is -0.393 e. The predicted molar refractivity (Wildman–Crippen MR) is 122 cm³/mol. The monoisotopic (exact) mass is 474 g/mol. The average molecular weight is 474 g/mol. The van der Waals surface area contributed by atoms with Crippen molar-refractivity contribution in [3.63, 3.8) is 0 Å². The van der Waals surface area contributed by atoms with Crippen molar-refractivity contribution in [3.8, 4) is 0 Å². The summed E-state index contributed by atoms with van der Waals surface area (Å²) in [6.45, 7) is 3.78. The quantitative estimate of drug-likeness (QED) is 0.246. The molecule has 5 nitrogen and oxygen atoms in total. The molecule has 1 saturated carbocycles. The smallest absolute Gasteiger partial charge is 0.191 e. The molecule has 0 saturated heterocycles. The van der Waals surface area contributed by atoms with Crippen LogP contribution in [0.3, 0.4) is 0 Å². The van der Waals surface area contributed by atoms with E-state index in [2.05, 4.69) is 60.8 Å². The number of nitrogens with one attached hydrogen (secondary N) is 2. The van der Waals surface area contributed by atoms with Gasteiger partial charge in [-0.1, -0.05) is 12.1 Å². The van der Waals surface area contributed by atoms with E-state index in [0.29, 0.717) is 6.04 Å². The largest absolute Gasteiger partial charge is 0.393 e. The third-order valence-electron chi connectivity index (χ3n) is 4.73. The van der Waals surface area contributed by atoms with E-state index in [-0.39, 0.29) is 30.1 Å². The van der Waals surface area contributed by atoms with Gasteiger partial charge in [-0.05, 0) is 63.1 Å². The third-order valence-corrected chi connectivity index (χ3v) is 4.73. The second kappa shape index (κ2) is 12.4. The number of nitrogens with zero attached hydrogens (tertiary/aromatic N) is 2. The standard InChI is InChI=1S/C20H34N4O.HI/c1-4-21-20(23-17-9-13-19(25)14-10-17)22-15-5-6-16-7-11-18(12-8-16)24(2)3;/h7-8,11-12,17,19,25H,4-6,9-10,13-15H2,1-3H3,(H2,21,22,23);1H. The number of aliphatic imine (C=N–C) groups is 1. The fourth-order valence-electron chi connectivity index (χ4n) is 3.17. The number of hydrogen-bond donors (Lipinski definition) is 3. The molecule has 0 radical (unpaired) electrons. The first-order chi connectivity index (χ1) is 12.1. The fourth-order valence-corrected chi connectivity index (χ4v) is 3.17. The second-order valence-corrected chi connectivity index (χ2v) is 7.07. The van der Waals surface area contributed by atoms with Crippen LogP contribution >= 0.6 is 24.0 Å². The number of aliphatic hydroxyl groups excluding tert-OH is 1. The van der Waals surface area contributed by atoms with Gasteiger partial charge in [-0.3, -0.25) is 4.99 Å². The normalized spacial score (nSPS) is 20.2. The SMILES string of the molecule is CCNC(=NCCCc1ccc(N(C)C)cc1)NC1CCC(O)CC1.I. The second-order valence-electron chi connectivity index (χ2n) is 7.07. The maximum Gasteiger partial charge on any atom is 0.191 e. The van der Waals surface area contributed by atoms with E-state index in [1.54, 1.807) is 0 Å². The number of benzene rings is 1. The number of aryl methyl sites for hydroxylation is 1. The van der Waals surface area contributed by atoms with Crippen LogP contribution in [-0.2, 0) is 6.42 Å². The Morgan fingerprint density at radius 1 is 1.15 bits per heavy atom. The van der Waals surface area contributed by atoms with Crippen molar-refractivity contribution in [1.29, 1.82) is 0 Å². The van der Waals surface area contributed by atoms with Crippen LogP contribution in [0, 0.1) is 0 Å². The number of guanidine groups is 1. The molecule has 2 rings (SSSR count). The van der Waals surface area contributed by atoms with Gasteiger partial charge in [0, 0.05) is 38.9 Å². The Labute approximate surface area is 175 Å². The van der Waals surface area contributed by atoms with Gasteiger partial charge in [-0.25, -0.2) is 0 Å². The van der Waals surface area contributed by atoms with Gasteiger partial charge >= 0.3 is 0 Å². The van der Waals surface area contributed by atoms with Gasteiger partial charge in [-0.15, -0.1) is 24.0 Å².